The Morgan fingerprint density at radius 3 is 2.53 bits per heavy atom. The summed E-state index contributed by atoms with van der Waals surface area (Å²) in [5.74, 6) is -0.709. The highest BCUT2D eigenvalue weighted by Gasteiger charge is 2.29. The molecule has 0 aliphatic rings. The molecule has 0 saturated carbocycles. The normalized spacial score (nSPS) is 12.5. The van der Waals surface area contributed by atoms with Crippen LogP contribution in [0.2, 0.25) is 0 Å². The molecule has 0 amide bonds. The summed E-state index contributed by atoms with van der Waals surface area (Å²) in [6.45, 7) is 1.91. The molecule has 0 aliphatic heterocycles. The van der Waals surface area contributed by atoms with Crippen LogP contribution in [0.15, 0.2) is 59.8 Å². The van der Waals surface area contributed by atoms with E-state index in [0.29, 0.717) is 17.9 Å². The molecule has 0 aliphatic carbocycles. The number of methoxy groups -OCH3 is 1. The standard InChI is InChI=1S/C21H24N4O4S/c1-15-7-6-10-17(13-15)25-20(18(22)14-16-8-4-3-5-9-16)23-24-21(25)30(27,28)12-11-19(26)29-2/h3-10,13,18H,11-12,14,22H2,1-2H3/t18-/m0/s1. The average molecular weight is 429 g/mol. The Balaban J connectivity index is 2.04. The zero-order chi connectivity index (χ0) is 21.7. The van der Waals surface area contributed by atoms with Crippen LogP contribution >= 0.6 is 0 Å². The van der Waals surface area contributed by atoms with Gasteiger partial charge in [0.25, 0.3) is 5.16 Å². The molecule has 1 aromatic heterocycles. The maximum Gasteiger partial charge on any atom is 0.306 e. The van der Waals surface area contributed by atoms with Gasteiger partial charge < -0.3 is 10.5 Å². The highest BCUT2D eigenvalue weighted by atomic mass is 32.2. The molecule has 2 N–H and O–H groups in total. The van der Waals surface area contributed by atoms with Crippen molar-refractivity contribution in [3.63, 3.8) is 0 Å². The highest BCUT2D eigenvalue weighted by Crippen LogP contribution is 2.24. The summed E-state index contributed by atoms with van der Waals surface area (Å²) in [7, 11) is -2.70. The number of hydrogen-bond acceptors (Lipinski definition) is 7. The fraction of sp³-hybridized carbons (Fsp3) is 0.286. The van der Waals surface area contributed by atoms with Crippen molar-refractivity contribution < 1.29 is 17.9 Å². The topological polar surface area (TPSA) is 117 Å². The summed E-state index contributed by atoms with van der Waals surface area (Å²) < 4.78 is 31.9. The Labute approximate surface area is 175 Å². The first kappa shape index (κ1) is 21.7. The van der Waals surface area contributed by atoms with E-state index < -0.39 is 27.6 Å². The van der Waals surface area contributed by atoms with Gasteiger partial charge in [0.05, 0.1) is 25.3 Å². The number of esters is 1. The molecular formula is C21H24N4O4S. The number of carbonyl (C=O) groups excluding carboxylic acids is 1. The van der Waals surface area contributed by atoms with E-state index in [-0.39, 0.29) is 11.6 Å². The van der Waals surface area contributed by atoms with E-state index in [1.165, 1.54) is 11.7 Å². The lowest BCUT2D eigenvalue weighted by Gasteiger charge is -2.15. The van der Waals surface area contributed by atoms with Gasteiger partial charge in [0.1, 0.15) is 0 Å². The second-order valence-corrected chi connectivity index (χ2v) is 8.96. The van der Waals surface area contributed by atoms with E-state index in [9.17, 15) is 13.2 Å². The summed E-state index contributed by atoms with van der Waals surface area (Å²) in [6, 6.07) is 16.4. The number of nitrogens with two attached hydrogens (primary N) is 1. The number of benzene rings is 2. The minimum Gasteiger partial charge on any atom is -0.469 e. The number of carbonyl (C=O) groups is 1. The van der Waals surface area contributed by atoms with Gasteiger partial charge in [-0.25, -0.2) is 8.42 Å². The van der Waals surface area contributed by atoms with Crippen molar-refractivity contribution in [2.45, 2.75) is 31.0 Å². The molecule has 1 atom stereocenters. The second-order valence-electron chi connectivity index (χ2n) is 6.96. The van der Waals surface area contributed by atoms with Crippen LogP contribution in [0.25, 0.3) is 5.69 Å². The molecule has 0 spiro atoms. The smallest absolute Gasteiger partial charge is 0.306 e. The maximum absolute atomic E-state index is 13.0. The molecular weight excluding hydrogens is 404 g/mol. The molecule has 158 valence electrons. The molecule has 3 aromatic rings. The number of ether oxygens (including phenoxy) is 1. The van der Waals surface area contributed by atoms with Gasteiger partial charge in [0.2, 0.25) is 9.84 Å². The van der Waals surface area contributed by atoms with Crippen LogP contribution in [0.5, 0.6) is 0 Å². The first-order chi connectivity index (χ1) is 14.3. The minimum absolute atomic E-state index is 0.240. The lowest BCUT2D eigenvalue weighted by molar-refractivity contribution is -0.140. The van der Waals surface area contributed by atoms with Crippen molar-refractivity contribution in [1.29, 1.82) is 0 Å². The first-order valence-corrected chi connectivity index (χ1v) is 11.1. The van der Waals surface area contributed by atoms with Gasteiger partial charge in [-0.05, 0) is 36.6 Å². The summed E-state index contributed by atoms with van der Waals surface area (Å²) in [4.78, 5) is 11.5. The Morgan fingerprint density at radius 2 is 1.87 bits per heavy atom. The number of aryl methyl sites for hydroxylation is 1. The largest absolute Gasteiger partial charge is 0.469 e. The lowest BCUT2D eigenvalue weighted by Crippen LogP contribution is -2.21. The van der Waals surface area contributed by atoms with Crippen LogP contribution in [0.3, 0.4) is 0 Å². The third kappa shape index (κ3) is 4.92. The quantitative estimate of drug-likeness (QED) is 0.546. The molecule has 30 heavy (non-hydrogen) atoms. The monoisotopic (exact) mass is 428 g/mol. The van der Waals surface area contributed by atoms with E-state index in [1.807, 2.05) is 55.5 Å². The maximum atomic E-state index is 13.0. The predicted octanol–water partition coefficient (Wildman–Crippen LogP) is 2.16. The van der Waals surface area contributed by atoms with Gasteiger partial charge in [-0.1, -0.05) is 42.5 Å². The molecule has 3 rings (SSSR count). The average Bonchev–Trinajstić information content (AvgIpc) is 3.19. The molecule has 8 nitrogen and oxygen atoms in total. The number of aromatic nitrogens is 3. The number of sulfone groups is 1. The summed E-state index contributed by atoms with van der Waals surface area (Å²) >= 11 is 0. The van der Waals surface area contributed by atoms with E-state index in [2.05, 4.69) is 14.9 Å². The third-order valence-corrected chi connectivity index (χ3v) is 6.19. The van der Waals surface area contributed by atoms with Crippen molar-refractivity contribution in [2.24, 2.45) is 5.73 Å². The fourth-order valence-corrected chi connectivity index (χ4v) is 4.36. The molecule has 0 radical (unpaired) electrons. The summed E-state index contributed by atoms with van der Waals surface area (Å²) in [6.07, 6.45) is 0.192. The molecule has 9 heteroatoms. The Morgan fingerprint density at radius 1 is 1.13 bits per heavy atom. The van der Waals surface area contributed by atoms with E-state index in [1.54, 1.807) is 6.07 Å². The van der Waals surface area contributed by atoms with Gasteiger partial charge in [0.15, 0.2) is 5.82 Å². The van der Waals surface area contributed by atoms with Crippen molar-refractivity contribution >= 4 is 15.8 Å². The number of nitrogens with zero attached hydrogens (tertiary/aromatic N) is 3. The highest BCUT2D eigenvalue weighted by molar-refractivity contribution is 7.91. The molecule has 0 saturated heterocycles. The number of rotatable bonds is 8. The Hall–Kier alpha value is -3.04. The zero-order valence-corrected chi connectivity index (χ0v) is 17.7. The summed E-state index contributed by atoms with van der Waals surface area (Å²) in [5, 5.41) is 7.84. The Kier molecular flexibility index (Phi) is 6.63. The van der Waals surface area contributed by atoms with Gasteiger partial charge >= 0.3 is 5.97 Å². The van der Waals surface area contributed by atoms with Crippen molar-refractivity contribution in [3.05, 3.63) is 71.5 Å². The van der Waals surface area contributed by atoms with E-state index in [4.69, 9.17) is 5.73 Å². The minimum atomic E-state index is -3.91. The van der Waals surface area contributed by atoms with Crippen LogP contribution in [0.1, 0.15) is 29.4 Å². The molecule has 0 unspecified atom stereocenters. The van der Waals surface area contributed by atoms with Gasteiger partial charge in [-0.2, -0.15) is 0 Å². The van der Waals surface area contributed by atoms with E-state index >= 15 is 0 Å². The fourth-order valence-electron chi connectivity index (χ4n) is 3.10. The predicted molar refractivity (Wildman–Crippen MR) is 112 cm³/mol. The van der Waals surface area contributed by atoms with Crippen LogP contribution in [0.4, 0.5) is 0 Å². The van der Waals surface area contributed by atoms with Crippen molar-refractivity contribution in [3.8, 4) is 5.69 Å². The summed E-state index contributed by atoms with van der Waals surface area (Å²) in [5.41, 5.74) is 8.95. The SMILES string of the molecule is COC(=O)CCS(=O)(=O)c1nnc([C@@H](N)Cc2ccccc2)n1-c1cccc(C)c1. The van der Waals surface area contributed by atoms with Gasteiger partial charge in [-0.15, -0.1) is 10.2 Å². The van der Waals surface area contributed by atoms with Gasteiger partial charge in [-0.3, -0.25) is 9.36 Å². The van der Waals surface area contributed by atoms with Crippen LogP contribution < -0.4 is 5.73 Å². The molecule has 2 aromatic carbocycles. The van der Waals surface area contributed by atoms with Crippen LogP contribution in [-0.2, 0) is 25.8 Å². The van der Waals surface area contributed by atoms with Crippen molar-refractivity contribution in [1.82, 2.24) is 14.8 Å². The third-order valence-electron chi connectivity index (χ3n) is 4.63. The van der Waals surface area contributed by atoms with Gasteiger partial charge in [0, 0.05) is 5.69 Å². The van der Waals surface area contributed by atoms with Crippen molar-refractivity contribution in [2.75, 3.05) is 12.9 Å². The van der Waals surface area contributed by atoms with Crippen LogP contribution in [0, 0.1) is 6.92 Å². The van der Waals surface area contributed by atoms with E-state index in [0.717, 1.165) is 11.1 Å². The second kappa shape index (κ2) is 9.19. The van der Waals surface area contributed by atoms with Crippen LogP contribution in [-0.4, -0.2) is 42.0 Å². The zero-order valence-electron chi connectivity index (χ0n) is 16.9. The Bertz CT molecular complexity index is 1130. The molecule has 1 heterocycles. The molecule has 0 fully saturated rings. The number of hydrogen-bond donors (Lipinski definition) is 1. The molecule has 0 bridgehead atoms. The lowest BCUT2D eigenvalue weighted by atomic mass is 10.1. The first-order valence-electron chi connectivity index (χ1n) is 9.43.